The molecule has 11 heteroatoms. The monoisotopic (exact) mass is 892 g/mol. The van der Waals surface area contributed by atoms with Crippen LogP contribution in [-0.4, -0.2) is 43.2 Å². The third-order valence-electron chi connectivity index (χ3n) is 8.84. The van der Waals surface area contributed by atoms with E-state index in [1.165, 1.54) is 28.0 Å². The van der Waals surface area contributed by atoms with Crippen molar-refractivity contribution in [2.24, 2.45) is 11.8 Å². The van der Waals surface area contributed by atoms with Gasteiger partial charge in [-0.15, -0.1) is 40.1 Å². The van der Waals surface area contributed by atoms with Gasteiger partial charge >= 0.3 is 6.18 Å². The van der Waals surface area contributed by atoms with Crippen LogP contribution in [-0.2, 0) is 24.9 Å². The summed E-state index contributed by atoms with van der Waals surface area (Å²) in [5, 5.41) is 13.4. The number of hydrogen-bond donors (Lipinski definition) is 1. The Morgan fingerprint density at radius 3 is 2.15 bits per heavy atom. The molecule has 0 saturated heterocycles. The molecule has 1 N–H and O–H groups in total. The molecule has 0 spiro atoms. The fourth-order valence-corrected chi connectivity index (χ4v) is 11.3. The smallest absolute Gasteiger partial charge is 0.388 e. The molecule has 0 aliphatic heterocycles. The molecule has 0 amide bonds. The first-order valence-corrected chi connectivity index (χ1v) is 24.2. The van der Waals surface area contributed by atoms with Crippen LogP contribution in [0.15, 0.2) is 54.4 Å². The number of carbonyl (C=O) groups excluding carboxylic acids is 1. The minimum Gasteiger partial charge on any atom is -0.512 e. The van der Waals surface area contributed by atoms with E-state index >= 15 is 0 Å². The van der Waals surface area contributed by atoms with Crippen molar-refractivity contribution >= 4 is 64.1 Å². The number of carbonyl (C=O) groups is 1. The number of alkyl halides is 3. The van der Waals surface area contributed by atoms with Crippen molar-refractivity contribution in [1.82, 2.24) is 9.97 Å². The zero-order chi connectivity index (χ0) is 35.2. The van der Waals surface area contributed by atoms with Crippen LogP contribution < -0.4 is 9.82 Å². The number of pyridine rings is 1. The van der Waals surface area contributed by atoms with Gasteiger partial charge in [0.25, 0.3) is 0 Å². The molecule has 0 atom stereocenters. The molecule has 0 unspecified atom stereocenters. The van der Waals surface area contributed by atoms with Crippen LogP contribution in [0.3, 0.4) is 0 Å². The third kappa shape index (κ3) is 10.9. The van der Waals surface area contributed by atoms with E-state index in [0.29, 0.717) is 0 Å². The van der Waals surface area contributed by atoms with E-state index < -0.39 is 28.7 Å². The molecule has 0 bridgehead atoms. The SMILES string of the molecule is CCC(CC)C(=O)/C=C(\O)C(CC)CC.C[Si](C)(C)c1cc(-c2nccc3nc([Si](C)(C)CCC(F)(F)F)sc23)[c-]c2ccccc12.[Ir]. The molecule has 2 aromatic heterocycles. The summed E-state index contributed by atoms with van der Waals surface area (Å²) in [4.78, 5) is 21.2. The molecule has 0 aliphatic carbocycles. The van der Waals surface area contributed by atoms with Crippen molar-refractivity contribution in [2.45, 2.75) is 105 Å². The molecule has 265 valence electrons. The summed E-state index contributed by atoms with van der Waals surface area (Å²) in [5.74, 6) is 0.547. The first kappa shape index (κ1) is 42.0. The van der Waals surface area contributed by atoms with Crippen molar-refractivity contribution in [3.63, 3.8) is 0 Å². The number of ketones is 1. The second-order valence-corrected chi connectivity index (χ2v) is 25.1. The van der Waals surface area contributed by atoms with Crippen LogP contribution in [0.5, 0.6) is 0 Å². The summed E-state index contributed by atoms with van der Waals surface area (Å²) in [6.45, 7) is 19.0. The summed E-state index contributed by atoms with van der Waals surface area (Å²) >= 11 is 1.51. The van der Waals surface area contributed by atoms with Crippen LogP contribution in [0.1, 0.15) is 59.8 Å². The van der Waals surface area contributed by atoms with Gasteiger partial charge in [-0.25, -0.2) is 4.98 Å². The standard InChI is InChI=1S/C24H26F3N2SSi2.C13H24O2.Ir/c1-31(2,3)20-15-17(14-16-8-6-7-9-18(16)20)21-22-19(10-12-28-21)29-23(30-22)32(4,5)13-11-24(25,26)27;1-5-10(6-2)12(14)9-13(15)11(7-3)8-4;/h6-10,12,15H,11,13H2,1-5H3;9-11,14H,5-8H2,1-4H3;/q-1;;/b;12-9-;. The Labute approximate surface area is 304 Å². The van der Waals surface area contributed by atoms with Crippen molar-refractivity contribution in [2.75, 3.05) is 0 Å². The van der Waals surface area contributed by atoms with Gasteiger partial charge in [0.2, 0.25) is 0 Å². The molecule has 48 heavy (non-hydrogen) atoms. The van der Waals surface area contributed by atoms with Gasteiger partial charge in [-0.1, -0.05) is 89.6 Å². The van der Waals surface area contributed by atoms with Crippen LogP contribution in [0.25, 0.3) is 32.2 Å². The Morgan fingerprint density at radius 1 is 0.979 bits per heavy atom. The first-order valence-electron chi connectivity index (χ1n) is 16.7. The minimum absolute atomic E-state index is 0. The third-order valence-corrected chi connectivity index (χ3v) is 16.5. The molecule has 4 nitrogen and oxygen atoms in total. The van der Waals surface area contributed by atoms with Crippen LogP contribution in [0.2, 0.25) is 38.8 Å². The Balaban J connectivity index is 0.000000427. The fourth-order valence-electron chi connectivity index (χ4n) is 5.66. The number of thiazole rings is 1. The Hall–Kier alpha value is -2.18. The normalized spacial score (nSPS) is 12.8. The topological polar surface area (TPSA) is 63.1 Å². The average molecular weight is 892 g/mol. The molecule has 2 heterocycles. The summed E-state index contributed by atoms with van der Waals surface area (Å²) in [6, 6.07) is 16.0. The quantitative estimate of drug-likeness (QED) is 0.0666. The number of benzene rings is 2. The van der Waals surface area contributed by atoms with Gasteiger partial charge in [-0.05, 0) is 37.8 Å². The maximum Gasteiger partial charge on any atom is 0.388 e. The van der Waals surface area contributed by atoms with E-state index in [4.69, 9.17) is 4.98 Å². The van der Waals surface area contributed by atoms with E-state index in [9.17, 15) is 23.1 Å². The molecule has 4 rings (SSSR count). The number of aliphatic hydroxyl groups is 1. The predicted octanol–water partition coefficient (Wildman–Crippen LogP) is 10.6. The van der Waals surface area contributed by atoms with E-state index in [1.807, 2.05) is 52.9 Å². The maximum atomic E-state index is 12.8. The van der Waals surface area contributed by atoms with Gasteiger partial charge < -0.3 is 5.11 Å². The van der Waals surface area contributed by atoms with Crippen LogP contribution >= 0.6 is 11.3 Å². The molecule has 2 aromatic carbocycles. The van der Waals surface area contributed by atoms with Gasteiger partial charge in [0.15, 0.2) is 5.78 Å². The number of fused-ring (bicyclic) bond motifs is 2. The van der Waals surface area contributed by atoms with E-state index in [0.717, 1.165) is 57.2 Å². The molecule has 1 radical (unpaired) electrons. The summed E-state index contributed by atoms with van der Waals surface area (Å²) in [6.07, 6.45) is 1.75. The van der Waals surface area contributed by atoms with Gasteiger partial charge in [0, 0.05) is 61.0 Å². The second-order valence-electron chi connectivity index (χ2n) is 13.9. The maximum absolute atomic E-state index is 12.8. The first-order chi connectivity index (χ1) is 21.9. The Kier molecular flexibility index (Phi) is 15.4. The number of aliphatic hydroxyl groups excluding tert-OH is 1. The molecule has 0 aliphatic rings. The van der Waals surface area contributed by atoms with Crippen molar-refractivity contribution in [3.05, 3.63) is 60.5 Å². The summed E-state index contributed by atoms with van der Waals surface area (Å²) < 4.78 is 40.3. The van der Waals surface area contributed by atoms with Gasteiger partial charge in [-0.3, -0.25) is 9.78 Å². The summed E-state index contributed by atoms with van der Waals surface area (Å²) in [5.41, 5.74) is 2.55. The van der Waals surface area contributed by atoms with E-state index in [1.54, 1.807) is 6.20 Å². The van der Waals surface area contributed by atoms with Crippen LogP contribution in [0, 0.1) is 17.9 Å². The second kappa shape index (κ2) is 17.7. The van der Waals surface area contributed by atoms with E-state index in [-0.39, 0.29) is 49.5 Å². The van der Waals surface area contributed by atoms with Gasteiger partial charge in [-0.2, -0.15) is 13.2 Å². The molecule has 0 fully saturated rings. The zero-order valence-electron chi connectivity index (χ0n) is 29.6. The van der Waals surface area contributed by atoms with Gasteiger partial charge in [0.1, 0.15) is 8.07 Å². The van der Waals surface area contributed by atoms with Gasteiger partial charge in [0.05, 0.1) is 24.0 Å². The fraction of sp³-hybridized carbons (Fsp3) is 0.486. The number of allylic oxidation sites excluding steroid dienone is 2. The average Bonchev–Trinajstić information content (AvgIpc) is 3.46. The Morgan fingerprint density at radius 2 is 1.58 bits per heavy atom. The van der Waals surface area contributed by atoms with Crippen molar-refractivity contribution < 1.29 is 43.2 Å². The van der Waals surface area contributed by atoms with E-state index in [2.05, 4.69) is 55.0 Å². The number of rotatable bonds is 12. The summed E-state index contributed by atoms with van der Waals surface area (Å²) in [7, 11) is -3.97. The molecule has 4 aromatic rings. The largest absolute Gasteiger partial charge is 0.512 e. The predicted molar refractivity (Wildman–Crippen MR) is 199 cm³/mol. The number of hydrogen-bond acceptors (Lipinski definition) is 5. The van der Waals surface area contributed by atoms with Crippen molar-refractivity contribution in [1.29, 1.82) is 0 Å². The number of nitrogens with zero attached hydrogens (tertiary/aromatic N) is 2. The van der Waals surface area contributed by atoms with Crippen LogP contribution in [0.4, 0.5) is 13.2 Å². The number of aromatic nitrogens is 2. The minimum atomic E-state index is -4.14. The number of halogens is 3. The zero-order valence-corrected chi connectivity index (χ0v) is 34.9. The van der Waals surface area contributed by atoms with Crippen molar-refractivity contribution in [3.8, 4) is 11.3 Å². The Bertz CT molecular complexity index is 1690. The molecule has 0 saturated carbocycles. The molecular weight excluding hydrogens is 842 g/mol. The molecular formula is C37H50F3IrN2O2SSi2-.